The third-order valence-corrected chi connectivity index (χ3v) is 7.05. The Hall–Kier alpha value is -5.61. The summed E-state index contributed by atoms with van der Waals surface area (Å²) in [7, 11) is 0. The maximum Gasteiger partial charge on any atom is 0.473 e. The molecular weight excluding hydrogens is 711 g/mol. The number of imidazole rings is 1. The summed E-state index contributed by atoms with van der Waals surface area (Å²) in [5, 5.41) is 20.9. The zero-order valence-corrected chi connectivity index (χ0v) is 31.3. The fourth-order valence-corrected chi connectivity index (χ4v) is 4.63. The van der Waals surface area contributed by atoms with E-state index in [9.17, 15) is 27.6 Å². The Morgan fingerprint density at radius 2 is 1.02 bits per heavy atom. The van der Waals surface area contributed by atoms with E-state index in [-0.39, 0.29) is 30.4 Å². The van der Waals surface area contributed by atoms with E-state index in [1.54, 1.807) is 102 Å². The summed E-state index contributed by atoms with van der Waals surface area (Å²) in [5.41, 5.74) is -0.612. The molecule has 294 valence electrons. The minimum Gasteiger partial charge on any atom is -0.494 e. The molecule has 0 saturated heterocycles. The Morgan fingerprint density at radius 3 is 1.35 bits per heavy atom. The maximum atomic E-state index is 13.1. The number of rotatable bonds is 14. The molecule has 0 aliphatic heterocycles. The molecule has 54 heavy (non-hydrogen) atoms. The van der Waals surface area contributed by atoms with Crippen LogP contribution in [0.4, 0.5) is 22.8 Å². The van der Waals surface area contributed by atoms with Gasteiger partial charge in [-0.2, -0.15) is 18.2 Å². The van der Waals surface area contributed by atoms with Crippen molar-refractivity contribution in [1.82, 2.24) is 19.8 Å². The molecule has 0 radical (unpaired) electrons. The van der Waals surface area contributed by atoms with Crippen LogP contribution >= 0.6 is 0 Å². The van der Waals surface area contributed by atoms with Crippen molar-refractivity contribution in [1.29, 1.82) is 10.8 Å². The van der Waals surface area contributed by atoms with E-state index < -0.39 is 35.5 Å². The van der Waals surface area contributed by atoms with Crippen LogP contribution in [0.1, 0.15) is 78.4 Å². The maximum absolute atomic E-state index is 13.1. The van der Waals surface area contributed by atoms with Crippen molar-refractivity contribution in [2.75, 3.05) is 13.2 Å². The van der Waals surface area contributed by atoms with E-state index in [1.807, 2.05) is 0 Å². The highest BCUT2D eigenvalue weighted by molar-refractivity contribution is 6.05. The number of benzene rings is 2. The molecule has 0 unspecified atom stereocenters. The third kappa shape index (κ3) is 15.2. The fourth-order valence-electron chi connectivity index (χ4n) is 4.63. The highest BCUT2D eigenvalue weighted by Crippen LogP contribution is 2.17. The SMILES string of the molecule is CC(C)(C)OC(=O)NC(=N)c1ccc(OCCCCn2ccn(CCCCOc3ccc(C(=N)NC(=O)OC(C)(C)C)cc3)c2=NC(=O)C(F)(F)F)cc1. The second-order valence-corrected chi connectivity index (χ2v) is 14.1. The lowest BCUT2D eigenvalue weighted by atomic mass is 10.2. The smallest absolute Gasteiger partial charge is 0.473 e. The molecule has 3 rings (SSSR count). The van der Waals surface area contributed by atoms with Gasteiger partial charge in [-0.25, -0.2) is 9.59 Å². The number of halogens is 3. The first-order valence-corrected chi connectivity index (χ1v) is 17.3. The molecule has 0 aliphatic carbocycles. The predicted molar refractivity (Wildman–Crippen MR) is 194 cm³/mol. The van der Waals surface area contributed by atoms with Gasteiger partial charge in [0.1, 0.15) is 34.4 Å². The van der Waals surface area contributed by atoms with Crippen LogP contribution in [0.3, 0.4) is 0 Å². The number of carbonyl (C=O) groups is 3. The van der Waals surface area contributed by atoms with Gasteiger partial charge in [-0.3, -0.25) is 26.2 Å². The standard InChI is InChI=1S/C37H48F3N7O7/c1-35(2,3)53-33(49)43-29(41)25-11-15-27(16-12-25)51-23-9-7-19-46-21-22-47(32(46)45-31(48)37(38,39)40)20-8-10-24-52-28-17-13-26(14-18-28)30(42)44-34(50)54-36(4,5)6/h11-18,21-22H,7-10,19-20,23-24H2,1-6H3,(H2,41,43,49)(H2,42,44,50). The highest BCUT2D eigenvalue weighted by Gasteiger charge is 2.38. The number of nitrogens with zero attached hydrogens (tertiary/aromatic N) is 3. The first-order valence-electron chi connectivity index (χ1n) is 17.3. The van der Waals surface area contributed by atoms with Gasteiger partial charge in [0.05, 0.1) is 13.2 Å². The number of unbranched alkanes of at least 4 members (excludes halogenated alkanes) is 2. The molecule has 3 aromatic rings. The largest absolute Gasteiger partial charge is 0.494 e. The van der Waals surface area contributed by atoms with Crippen molar-refractivity contribution >= 4 is 29.8 Å². The van der Waals surface area contributed by atoms with Crippen LogP contribution in [0.5, 0.6) is 11.5 Å². The van der Waals surface area contributed by atoms with Crippen molar-refractivity contribution in [3.05, 3.63) is 77.7 Å². The lowest BCUT2D eigenvalue weighted by molar-refractivity contribution is -0.169. The Morgan fingerprint density at radius 1 is 0.648 bits per heavy atom. The monoisotopic (exact) mass is 759 g/mol. The quantitative estimate of drug-likeness (QED) is 0.0802. The first kappa shape index (κ1) is 42.8. The van der Waals surface area contributed by atoms with E-state index in [0.29, 0.717) is 61.5 Å². The average molecular weight is 760 g/mol. The lowest BCUT2D eigenvalue weighted by Gasteiger charge is -2.19. The molecule has 0 saturated carbocycles. The highest BCUT2D eigenvalue weighted by atomic mass is 19.4. The number of aromatic nitrogens is 2. The van der Waals surface area contributed by atoms with Gasteiger partial charge in [-0.15, -0.1) is 0 Å². The van der Waals surface area contributed by atoms with Crippen LogP contribution in [0.2, 0.25) is 0 Å². The van der Waals surface area contributed by atoms with E-state index in [0.717, 1.165) is 0 Å². The van der Waals surface area contributed by atoms with Gasteiger partial charge >= 0.3 is 24.3 Å². The summed E-state index contributed by atoms with van der Waals surface area (Å²) in [4.78, 5) is 39.0. The third-order valence-electron chi connectivity index (χ3n) is 7.05. The zero-order valence-electron chi connectivity index (χ0n) is 31.3. The molecule has 17 heteroatoms. The number of alkyl halides is 3. The lowest BCUT2D eigenvalue weighted by Crippen LogP contribution is -2.36. The van der Waals surface area contributed by atoms with Crippen molar-refractivity contribution in [2.24, 2.45) is 4.99 Å². The van der Waals surface area contributed by atoms with Gasteiger partial charge in [-0.05, 0) is 116 Å². The summed E-state index contributed by atoms with van der Waals surface area (Å²) in [6.07, 6.45) is -1.31. The molecule has 1 aromatic heterocycles. The van der Waals surface area contributed by atoms with Crippen LogP contribution in [0.25, 0.3) is 0 Å². The molecule has 0 atom stereocenters. The van der Waals surface area contributed by atoms with Gasteiger partial charge in [0.25, 0.3) is 0 Å². The van der Waals surface area contributed by atoms with Crippen LogP contribution < -0.4 is 25.7 Å². The zero-order chi connectivity index (χ0) is 40.1. The molecule has 0 fully saturated rings. The molecule has 1 heterocycles. The van der Waals surface area contributed by atoms with Gasteiger partial charge < -0.3 is 28.1 Å². The number of carbonyl (C=O) groups excluding carboxylic acids is 3. The van der Waals surface area contributed by atoms with Gasteiger partial charge in [0.15, 0.2) is 0 Å². The minimum absolute atomic E-state index is 0.116. The summed E-state index contributed by atoms with van der Waals surface area (Å²) < 4.78 is 64.2. The molecule has 0 bridgehead atoms. The van der Waals surface area contributed by atoms with E-state index in [4.69, 9.17) is 29.8 Å². The topological polar surface area (TPSA) is 182 Å². The van der Waals surface area contributed by atoms with Gasteiger partial charge in [0.2, 0.25) is 5.62 Å². The molecule has 0 spiro atoms. The molecule has 14 nitrogen and oxygen atoms in total. The fraction of sp³-hybridized carbons (Fsp3) is 0.459. The number of alkyl carbamates (subject to hydrolysis) is 2. The van der Waals surface area contributed by atoms with Crippen LogP contribution in [0.15, 0.2) is 65.9 Å². The number of ether oxygens (including phenoxy) is 4. The summed E-state index contributed by atoms with van der Waals surface area (Å²) in [6, 6.07) is 13.1. The van der Waals surface area contributed by atoms with E-state index >= 15 is 0 Å². The predicted octanol–water partition coefficient (Wildman–Crippen LogP) is 6.70. The normalized spacial score (nSPS) is 11.6. The number of nitrogens with one attached hydrogen (secondary N) is 4. The number of hydrogen-bond donors (Lipinski definition) is 4. The van der Waals surface area contributed by atoms with Crippen LogP contribution in [-0.2, 0) is 27.4 Å². The second-order valence-electron chi connectivity index (χ2n) is 14.1. The summed E-state index contributed by atoms with van der Waals surface area (Å²) in [5.74, 6) is -1.39. The Balaban J connectivity index is 1.47. The number of amides is 3. The minimum atomic E-state index is -5.12. The van der Waals surface area contributed by atoms with Crippen LogP contribution in [0, 0.1) is 10.8 Å². The second kappa shape index (κ2) is 18.9. The summed E-state index contributed by atoms with van der Waals surface area (Å²) >= 11 is 0. The van der Waals surface area contributed by atoms with Crippen molar-refractivity contribution in [2.45, 2.75) is 97.7 Å². The molecular formula is C37H48F3N7O7. The number of hydrogen-bond acceptors (Lipinski definition) is 9. The van der Waals surface area contributed by atoms with Crippen molar-refractivity contribution < 1.29 is 46.5 Å². The summed E-state index contributed by atoms with van der Waals surface area (Å²) in [6.45, 7) is 11.5. The van der Waals surface area contributed by atoms with Gasteiger partial charge in [-0.1, -0.05) is 0 Å². The van der Waals surface area contributed by atoms with Gasteiger partial charge in [0, 0.05) is 36.6 Å². The molecule has 0 aliphatic rings. The van der Waals surface area contributed by atoms with Crippen LogP contribution in [-0.4, -0.2) is 69.5 Å². The Kier molecular flexibility index (Phi) is 15.0. The average Bonchev–Trinajstić information content (AvgIpc) is 3.43. The molecule has 4 N–H and O–H groups in total. The number of amidine groups is 2. The number of aryl methyl sites for hydroxylation is 2. The van der Waals surface area contributed by atoms with E-state index in [1.165, 1.54) is 9.13 Å². The first-order chi connectivity index (χ1) is 25.2. The Labute approximate surface area is 311 Å². The molecule has 3 amide bonds. The molecule has 2 aromatic carbocycles. The van der Waals surface area contributed by atoms with E-state index in [2.05, 4.69) is 15.6 Å². The Bertz CT molecular complexity index is 1700. The van der Waals surface area contributed by atoms with Crippen molar-refractivity contribution in [3.63, 3.8) is 0 Å². The van der Waals surface area contributed by atoms with Crippen molar-refractivity contribution in [3.8, 4) is 11.5 Å².